The zero-order valence-electron chi connectivity index (χ0n) is 15.1. The van der Waals surface area contributed by atoms with E-state index in [1.54, 1.807) is 6.07 Å². The Kier molecular flexibility index (Phi) is 6.69. The number of rotatable bonds is 7. The minimum absolute atomic E-state index is 0.252. The van der Waals surface area contributed by atoms with Crippen LogP contribution >= 0.6 is 0 Å². The van der Waals surface area contributed by atoms with Crippen LogP contribution in [0.4, 0.5) is 5.69 Å². The highest BCUT2D eigenvalue weighted by atomic mass is 16.2. The van der Waals surface area contributed by atoms with Crippen LogP contribution in [0.1, 0.15) is 58.2 Å². The summed E-state index contributed by atoms with van der Waals surface area (Å²) >= 11 is 0. The molecule has 2 rings (SSSR count). The van der Waals surface area contributed by atoms with Gasteiger partial charge in [-0.25, -0.2) is 0 Å². The summed E-state index contributed by atoms with van der Waals surface area (Å²) in [5.41, 5.74) is 3.57. The van der Waals surface area contributed by atoms with Crippen LogP contribution in [-0.2, 0) is 0 Å². The minimum atomic E-state index is -0.254. The average Bonchev–Trinajstić information content (AvgIpc) is 2.62. The van der Waals surface area contributed by atoms with Crippen LogP contribution in [0, 0.1) is 13.8 Å². The summed E-state index contributed by atoms with van der Waals surface area (Å²) in [6, 6.07) is 8.89. The van der Waals surface area contributed by atoms with Gasteiger partial charge in [0.2, 0.25) is 0 Å². The molecule has 2 aromatic rings. The van der Waals surface area contributed by atoms with Crippen molar-refractivity contribution in [2.45, 2.75) is 40.0 Å². The van der Waals surface area contributed by atoms with Crippen molar-refractivity contribution >= 4 is 17.5 Å². The summed E-state index contributed by atoms with van der Waals surface area (Å²) in [4.78, 5) is 28.7. The number of aryl methyl sites for hydroxylation is 1. The molecule has 25 heavy (non-hydrogen) atoms. The van der Waals surface area contributed by atoms with Gasteiger partial charge in [0.15, 0.2) is 0 Å². The number of hydrogen-bond acceptors (Lipinski definition) is 3. The zero-order chi connectivity index (χ0) is 18.2. The maximum Gasteiger partial charge on any atom is 0.269 e. The van der Waals surface area contributed by atoms with Crippen molar-refractivity contribution in [2.24, 2.45) is 0 Å². The lowest BCUT2D eigenvalue weighted by atomic mass is 10.1. The molecule has 0 aliphatic rings. The molecule has 5 nitrogen and oxygen atoms in total. The van der Waals surface area contributed by atoms with E-state index >= 15 is 0 Å². The predicted octanol–water partition coefficient (Wildman–Crippen LogP) is 3.87. The van der Waals surface area contributed by atoms with Gasteiger partial charge in [-0.15, -0.1) is 0 Å². The number of benzene rings is 1. The normalized spacial score (nSPS) is 10.4. The fraction of sp³-hybridized carbons (Fsp3) is 0.350. The first-order valence-electron chi connectivity index (χ1n) is 8.64. The first-order valence-corrected chi connectivity index (χ1v) is 8.64. The molecule has 2 amide bonds. The number of carbonyl (C=O) groups is 2. The van der Waals surface area contributed by atoms with E-state index in [1.165, 1.54) is 12.3 Å². The van der Waals surface area contributed by atoms with Gasteiger partial charge in [0.05, 0.1) is 0 Å². The molecule has 0 bridgehead atoms. The van der Waals surface area contributed by atoms with Gasteiger partial charge in [-0.2, -0.15) is 0 Å². The predicted molar refractivity (Wildman–Crippen MR) is 100.0 cm³/mol. The summed E-state index contributed by atoms with van der Waals surface area (Å²) in [5, 5.41) is 5.73. The van der Waals surface area contributed by atoms with Gasteiger partial charge in [-0.3, -0.25) is 14.6 Å². The Morgan fingerprint density at radius 3 is 2.64 bits per heavy atom. The number of amides is 2. The van der Waals surface area contributed by atoms with E-state index < -0.39 is 0 Å². The number of aromatic nitrogens is 1. The number of nitrogens with zero attached hydrogens (tertiary/aromatic N) is 1. The van der Waals surface area contributed by atoms with Crippen LogP contribution in [-0.4, -0.2) is 23.3 Å². The fourth-order valence-electron chi connectivity index (χ4n) is 2.44. The van der Waals surface area contributed by atoms with Crippen molar-refractivity contribution < 1.29 is 9.59 Å². The number of nitrogens with one attached hydrogen (secondary N) is 2. The molecule has 0 saturated heterocycles. The molecule has 1 aromatic carbocycles. The van der Waals surface area contributed by atoms with Crippen molar-refractivity contribution in [2.75, 3.05) is 11.9 Å². The van der Waals surface area contributed by atoms with Crippen LogP contribution in [0.15, 0.2) is 36.5 Å². The first kappa shape index (κ1) is 18.6. The maximum absolute atomic E-state index is 12.5. The molecule has 0 fully saturated rings. The molecule has 0 aliphatic heterocycles. The highest BCUT2D eigenvalue weighted by Crippen LogP contribution is 2.19. The number of hydrogen-bond donors (Lipinski definition) is 2. The van der Waals surface area contributed by atoms with E-state index in [4.69, 9.17) is 0 Å². The van der Waals surface area contributed by atoms with Crippen molar-refractivity contribution in [1.82, 2.24) is 10.3 Å². The third-order valence-electron chi connectivity index (χ3n) is 4.17. The summed E-state index contributed by atoms with van der Waals surface area (Å²) in [5.74, 6) is -0.506. The van der Waals surface area contributed by atoms with E-state index in [0.717, 1.165) is 36.1 Å². The number of carbonyl (C=O) groups excluding carboxylic acids is 2. The topological polar surface area (TPSA) is 71.1 Å². The second-order valence-corrected chi connectivity index (χ2v) is 6.09. The molecule has 0 radical (unpaired) electrons. The lowest BCUT2D eigenvalue weighted by molar-refractivity contribution is 0.0948. The average molecular weight is 339 g/mol. The minimum Gasteiger partial charge on any atom is -0.351 e. The smallest absolute Gasteiger partial charge is 0.269 e. The third-order valence-corrected chi connectivity index (χ3v) is 4.17. The summed E-state index contributed by atoms with van der Waals surface area (Å²) < 4.78 is 0. The summed E-state index contributed by atoms with van der Waals surface area (Å²) in [6.45, 7) is 6.69. The number of pyridine rings is 1. The third kappa shape index (κ3) is 5.14. The van der Waals surface area contributed by atoms with Gasteiger partial charge in [0.25, 0.3) is 11.8 Å². The molecule has 0 spiro atoms. The number of anilines is 1. The monoisotopic (exact) mass is 339 g/mol. The van der Waals surface area contributed by atoms with E-state index in [1.807, 2.05) is 32.0 Å². The molecule has 0 unspecified atom stereocenters. The van der Waals surface area contributed by atoms with Crippen molar-refractivity contribution in [3.05, 3.63) is 58.9 Å². The van der Waals surface area contributed by atoms with Gasteiger partial charge < -0.3 is 10.6 Å². The molecule has 0 atom stereocenters. The summed E-state index contributed by atoms with van der Waals surface area (Å²) in [7, 11) is 0. The lowest BCUT2D eigenvalue weighted by Crippen LogP contribution is -2.26. The van der Waals surface area contributed by atoms with Crippen molar-refractivity contribution in [1.29, 1.82) is 0 Å². The lowest BCUT2D eigenvalue weighted by Gasteiger charge is -2.11. The first-order chi connectivity index (χ1) is 12.0. The van der Waals surface area contributed by atoms with Crippen molar-refractivity contribution in [3.63, 3.8) is 0 Å². The Hall–Kier alpha value is -2.69. The molecule has 5 heteroatoms. The molecule has 1 aromatic heterocycles. The van der Waals surface area contributed by atoms with Gasteiger partial charge in [-0.1, -0.05) is 31.9 Å². The Morgan fingerprint density at radius 1 is 1.08 bits per heavy atom. The number of unbranched alkanes of at least 4 members (excludes halogenated alkanes) is 2. The van der Waals surface area contributed by atoms with Crippen LogP contribution in [0.3, 0.4) is 0 Å². The standard InChI is InChI=1S/C20H25N3O2/c1-4-5-6-11-22-20(25)18-13-16(10-12-21-18)19(24)23-17-9-7-8-14(2)15(17)3/h7-10,12-13H,4-6,11H2,1-3H3,(H,22,25)(H,23,24). The van der Waals surface area contributed by atoms with Gasteiger partial charge >= 0.3 is 0 Å². The Morgan fingerprint density at radius 2 is 1.88 bits per heavy atom. The Labute approximate surface area is 148 Å². The van der Waals surface area contributed by atoms with Crippen molar-refractivity contribution in [3.8, 4) is 0 Å². The fourth-order valence-corrected chi connectivity index (χ4v) is 2.44. The Balaban J connectivity index is 2.06. The van der Waals surface area contributed by atoms with E-state index in [2.05, 4.69) is 22.5 Å². The van der Waals surface area contributed by atoms with E-state index in [0.29, 0.717) is 12.1 Å². The largest absolute Gasteiger partial charge is 0.351 e. The van der Waals surface area contributed by atoms with Gasteiger partial charge in [-0.05, 0) is 49.6 Å². The molecule has 132 valence electrons. The zero-order valence-corrected chi connectivity index (χ0v) is 15.1. The maximum atomic E-state index is 12.5. The molecule has 1 heterocycles. The van der Waals surface area contributed by atoms with Crippen LogP contribution in [0.2, 0.25) is 0 Å². The highest BCUT2D eigenvalue weighted by molar-refractivity contribution is 6.06. The second-order valence-electron chi connectivity index (χ2n) is 6.09. The van der Waals surface area contributed by atoms with Crippen LogP contribution < -0.4 is 10.6 Å². The van der Waals surface area contributed by atoms with Gasteiger partial charge in [0.1, 0.15) is 5.69 Å². The van der Waals surface area contributed by atoms with E-state index in [-0.39, 0.29) is 17.5 Å². The highest BCUT2D eigenvalue weighted by Gasteiger charge is 2.13. The van der Waals surface area contributed by atoms with Crippen LogP contribution in [0.5, 0.6) is 0 Å². The Bertz CT molecular complexity index is 756. The summed E-state index contributed by atoms with van der Waals surface area (Å²) in [6.07, 6.45) is 4.60. The molecule has 0 saturated carbocycles. The quantitative estimate of drug-likeness (QED) is 0.752. The van der Waals surface area contributed by atoms with Gasteiger partial charge in [0, 0.05) is 24.0 Å². The van der Waals surface area contributed by atoms with E-state index in [9.17, 15) is 9.59 Å². The molecule has 2 N–H and O–H groups in total. The molecular weight excluding hydrogens is 314 g/mol. The van der Waals surface area contributed by atoms with Crippen LogP contribution in [0.25, 0.3) is 0 Å². The SMILES string of the molecule is CCCCCNC(=O)c1cc(C(=O)Nc2cccc(C)c2C)ccn1. The molecular formula is C20H25N3O2. The second kappa shape index (κ2) is 8.97. The molecule has 0 aliphatic carbocycles.